The summed E-state index contributed by atoms with van der Waals surface area (Å²) >= 11 is 0. The number of rotatable bonds is 5. The van der Waals surface area contributed by atoms with Crippen LogP contribution in [0.2, 0.25) is 0 Å². The van der Waals surface area contributed by atoms with Gasteiger partial charge in [0.05, 0.1) is 0 Å². The van der Waals surface area contributed by atoms with Gasteiger partial charge in [0, 0.05) is 6.04 Å². The molecule has 4 aliphatic carbocycles. The topological polar surface area (TPSA) is 38.0 Å². The molecule has 4 bridgehead atoms. The third kappa shape index (κ3) is 2.14. The van der Waals surface area contributed by atoms with Gasteiger partial charge in [-0.05, 0) is 74.5 Å². The molecular formula is C16H28N2. The second kappa shape index (κ2) is 4.97. The van der Waals surface area contributed by atoms with Crippen LogP contribution in [0.25, 0.3) is 0 Å². The smallest absolute Gasteiger partial charge is 0.0281 e. The van der Waals surface area contributed by atoms with Crippen molar-refractivity contribution < 1.29 is 0 Å². The normalized spacial score (nSPS) is 43.1. The molecule has 0 aromatic heterocycles. The Bertz CT molecular complexity index is 295. The fraction of sp³-hybridized carbons (Fsp3) is 0.875. The minimum absolute atomic E-state index is 0.479. The lowest BCUT2D eigenvalue weighted by Gasteiger charge is -2.56. The van der Waals surface area contributed by atoms with Crippen LogP contribution in [-0.2, 0) is 0 Å². The van der Waals surface area contributed by atoms with Crippen LogP contribution in [0.5, 0.6) is 0 Å². The Balaban J connectivity index is 1.72. The molecule has 0 radical (unpaired) electrons. The number of nitrogens with two attached hydrogens (primary N) is 1. The van der Waals surface area contributed by atoms with Crippen molar-refractivity contribution >= 4 is 0 Å². The predicted octanol–water partition coefficient (Wildman–Crippen LogP) is 3.25. The summed E-state index contributed by atoms with van der Waals surface area (Å²) in [5.74, 6) is 10.7. The van der Waals surface area contributed by atoms with Gasteiger partial charge in [-0.15, -0.1) is 0 Å². The zero-order valence-corrected chi connectivity index (χ0v) is 11.7. The molecule has 1 atom stereocenters. The first-order valence-corrected chi connectivity index (χ1v) is 7.84. The molecule has 4 fully saturated rings. The van der Waals surface area contributed by atoms with Gasteiger partial charge in [-0.2, -0.15) is 0 Å². The Hall–Kier alpha value is -0.340. The van der Waals surface area contributed by atoms with Gasteiger partial charge in [0.25, 0.3) is 0 Å². The third-order valence-electron chi connectivity index (χ3n) is 5.99. The van der Waals surface area contributed by atoms with E-state index in [1.54, 1.807) is 0 Å². The molecule has 0 aromatic carbocycles. The monoisotopic (exact) mass is 248 g/mol. The summed E-state index contributed by atoms with van der Waals surface area (Å²) in [6.07, 6.45) is 9.62. The van der Waals surface area contributed by atoms with E-state index in [0.717, 1.165) is 42.4 Å². The van der Waals surface area contributed by atoms with Crippen molar-refractivity contribution in [1.29, 1.82) is 0 Å². The van der Waals surface area contributed by atoms with Crippen molar-refractivity contribution in [2.24, 2.45) is 35.4 Å². The van der Waals surface area contributed by atoms with Crippen molar-refractivity contribution in [2.75, 3.05) is 0 Å². The molecule has 102 valence electrons. The van der Waals surface area contributed by atoms with E-state index in [2.05, 4.69) is 18.9 Å². The van der Waals surface area contributed by atoms with E-state index in [0.29, 0.717) is 6.04 Å². The summed E-state index contributed by atoms with van der Waals surface area (Å²) < 4.78 is 0. The quantitative estimate of drug-likeness (QED) is 0.445. The fourth-order valence-corrected chi connectivity index (χ4v) is 5.39. The van der Waals surface area contributed by atoms with Crippen molar-refractivity contribution in [3.05, 3.63) is 12.2 Å². The van der Waals surface area contributed by atoms with Crippen LogP contribution in [0.3, 0.4) is 0 Å². The van der Waals surface area contributed by atoms with Gasteiger partial charge in [-0.25, -0.2) is 0 Å². The number of nitrogens with one attached hydrogen (secondary N) is 1. The molecule has 0 saturated heterocycles. The lowest BCUT2D eigenvalue weighted by atomic mass is 9.50. The van der Waals surface area contributed by atoms with Gasteiger partial charge in [-0.3, -0.25) is 11.3 Å². The van der Waals surface area contributed by atoms with Crippen molar-refractivity contribution in [3.8, 4) is 0 Å². The molecule has 1 unspecified atom stereocenters. The summed E-state index contributed by atoms with van der Waals surface area (Å²) in [6.45, 7) is 6.38. The lowest BCUT2D eigenvalue weighted by Crippen LogP contribution is -2.54. The maximum absolute atomic E-state index is 5.86. The molecule has 2 heteroatoms. The van der Waals surface area contributed by atoms with Crippen molar-refractivity contribution in [3.63, 3.8) is 0 Å². The summed E-state index contributed by atoms with van der Waals surface area (Å²) in [4.78, 5) is 0. The predicted molar refractivity (Wildman–Crippen MR) is 75.7 cm³/mol. The number of hydrazine groups is 1. The fourth-order valence-electron chi connectivity index (χ4n) is 5.39. The molecule has 0 spiro atoms. The zero-order chi connectivity index (χ0) is 12.7. The minimum Gasteiger partial charge on any atom is -0.271 e. The molecular weight excluding hydrogens is 220 g/mol. The van der Waals surface area contributed by atoms with Crippen LogP contribution in [0.15, 0.2) is 12.2 Å². The Labute approximate surface area is 111 Å². The van der Waals surface area contributed by atoms with E-state index in [-0.39, 0.29) is 0 Å². The molecule has 4 rings (SSSR count). The van der Waals surface area contributed by atoms with Gasteiger partial charge >= 0.3 is 0 Å². The van der Waals surface area contributed by atoms with Gasteiger partial charge in [0.2, 0.25) is 0 Å². The van der Waals surface area contributed by atoms with Gasteiger partial charge in [-0.1, -0.05) is 19.1 Å². The Kier molecular flexibility index (Phi) is 3.50. The molecule has 0 aliphatic heterocycles. The summed E-state index contributed by atoms with van der Waals surface area (Å²) in [7, 11) is 0. The first kappa shape index (κ1) is 12.7. The molecule has 3 N–H and O–H groups in total. The lowest BCUT2D eigenvalue weighted by molar-refractivity contribution is -0.0518. The highest BCUT2D eigenvalue weighted by atomic mass is 15.2. The summed E-state index contributed by atoms with van der Waals surface area (Å²) in [6, 6.07) is 0.479. The molecule has 2 nitrogen and oxygen atoms in total. The largest absolute Gasteiger partial charge is 0.271 e. The maximum atomic E-state index is 5.86. The maximum Gasteiger partial charge on any atom is 0.0281 e. The van der Waals surface area contributed by atoms with E-state index in [1.807, 2.05) is 0 Å². The molecule has 0 heterocycles. The highest BCUT2D eigenvalue weighted by molar-refractivity contribution is 5.05. The highest BCUT2D eigenvalue weighted by Gasteiger charge is 2.50. The minimum atomic E-state index is 0.479. The number of hydrogen-bond acceptors (Lipinski definition) is 2. The van der Waals surface area contributed by atoms with Gasteiger partial charge in [0.15, 0.2) is 0 Å². The van der Waals surface area contributed by atoms with E-state index < -0.39 is 0 Å². The van der Waals surface area contributed by atoms with Crippen LogP contribution >= 0.6 is 0 Å². The van der Waals surface area contributed by atoms with Crippen LogP contribution < -0.4 is 11.3 Å². The third-order valence-corrected chi connectivity index (χ3v) is 5.99. The molecule has 0 aromatic rings. The second-order valence-electron chi connectivity index (χ2n) is 7.09. The first-order chi connectivity index (χ1) is 8.71. The zero-order valence-electron chi connectivity index (χ0n) is 11.7. The van der Waals surface area contributed by atoms with E-state index in [1.165, 1.54) is 37.7 Å². The summed E-state index contributed by atoms with van der Waals surface area (Å²) in [5, 5.41) is 0. The molecule has 4 aliphatic rings. The van der Waals surface area contributed by atoms with E-state index in [9.17, 15) is 0 Å². The van der Waals surface area contributed by atoms with E-state index >= 15 is 0 Å². The standard InChI is InChI=1S/C16H28N2/c1-3-10(2)4-15(18-17)16-13-6-11-5-12(8-13)9-14(16)7-11/h11-16,18H,2-9,17H2,1H3. The van der Waals surface area contributed by atoms with E-state index in [4.69, 9.17) is 5.84 Å². The second-order valence-corrected chi connectivity index (χ2v) is 7.09. The van der Waals surface area contributed by atoms with Gasteiger partial charge in [0.1, 0.15) is 0 Å². The average Bonchev–Trinajstić information content (AvgIpc) is 2.35. The Morgan fingerprint density at radius 3 is 2.17 bits per heavy atom. The summed E-state index contributed by atoms with van der Waals surface area (Å²) in [5.41, 5.74) is 4.49. The SMILES string of the molecule is C=C(CC)CC(NN)C1C2CC3CC(C2)CC1C3. The average molecular weight is 248 g/mol. The van der Waals surface area contributed by atoms with Crippen molar-refractivity contribution in [1.82, 2.24) is 5.43 Å². The Morgan fingerprint density at radius 2 is 1.72 bits per heavy atom. The first-order valence-electron chi connectivity index (χ1n) is 7.84. The van der Waals surface area contributed by atoms with Crippen molar-refractivity contribution in [2.45, 2.75) is 57.9 Å². The number of hydrogen-bond donors (Lipinski definition) is 2. The van der Waals surface area contributed by atoms with Crippen LogP contribution in [0.1, 0.15) is 51.9 Å². The van der Waals surface area contributed by atoms with Crippen LogP contribution in [0, 0.1) is 29.6 Å². The van der Waals surface area contributed by atoms with Crippen LogP contribution in [-0.4, -0.2) is 6.04 Å². The Morgan fingerprint density at radius 1 is 1.17 bits per heavy atom. The van der Waals surface area contributed by atoms with Gasteiger partial charge < -0.3 is 0 Å². The van der Waals surface area contributed by atoms with Crippen LogP contribution in [0.4, 0.5) is 0 Å². The highest BCUT2D eigenvalue weighted by Crippen LogP contribution is 2.57. The molecule has 18 heavy (non-hydrogen) atoms. The molecule has 4 saturated carbocycles. The molecule has 0 amide bonds.